The third-order valence-electron chi connectivity index (χ3n) is 3.47. The summed E-state index contributed by atoms with van der Waals surface area (Å²) in [4.78, 5) is 30.0. The molecule has 2 aromatic rings. The fraction of sp³-hybridized carbons (Fsp3) is 0.312. The normalized spacial score (nSPS) is 12.2. The molecule has 1 aromatic heterocycles. The predicted molar refractivity (Wildman–Crippen MR) is 81.4 cm³/mol. The molecule has 1 aromatic carbocycles. The first-order chi connectivity index (χ1) is 11.3. The lowest BCUT2D eigenvalue weighted by atomic mass is 10.0. The van der Waals surface area contributed by atoms with E-state index in [0.717, 1.165) is 18.2 Å². The molecule has 0 radical (unpaired) electrons. The van der Waals surface area contributed by atoms with Crippen molar-refractivity contribution >= 4 is 5.91 Å². The van der Waals surface area contributed by atoms with Gasteiger partial charge in [-0.25, -0.2) is 18.2 Å². The van der Waals surface area contributed by atoms with Crippen LogP contribution < -0.4 is 10.9 Å². The molecule has 0 spiro atoms. The number of benzene rings is 1. The van der Waals surface area contributed by atoms with Crippen molar-refractivity contribution in [3.8, 4) is 0 Å². The Morgan fingerprint density at radius 3 is 2.58 bits per heavy atom. The highest BCUT2D eigenvalue weighted by Gasteiger charge is 2.19. The summed E-state index contributed by atoms with van der Waals surface area (Å²) in [7, 11) is 0. The summed E-state index contributed by atoms with van der Waals surface area (Å²) in [6.07, 6.45) is -2.50. The van der Waals surface area contributed by atoms with Crippen molar-refractivity contribution < 1.29 is 18.0 Å². The minimum absolute atomic E-state index is 0.0700. The van der Waals surface area contributed by atoms with Gasteiger partial charge < -0.3 is 10.3 Å². The number of amides is 1. The van der Waals surface area contributed by atoms with Gasteiger partial charge in [0.05, 0.1) is 11.6 Å². The van der Waals surface area contributed by atoms with E-state index in [1.165, 1.54) is 13.0 Å². The molecule has 0 aliphatic heterocycles. The zero-order valence-corrected chi connectivity index (χ0v) is 13.1. The van der Waals surface area contributed by atoms with Crippen molar-refractivity contribution in [3.63, 3.8) is 0 Å². The Bertz CT molecular complexity index is 805. The average Bonchev–Trinajstić information content (AvgIpc) is 2.50. The lowest BCUT2D eigenvalue weighted by Gasteiger charge is -2.18. The molecule has 0 fully saturated rings. The van der Waals surface area contributed by atoms with Crippen LogP contribution in [-0.4, -0.2) is 15.9 Å². The number of rotatable bonds is 5. The second-order valence-electron chi connectivity index (χ2n) is 5.23. The Balaban J connectivity index is 2.24. The monoisotopic (exact) mass is 339 g/mol. The second kappa shape index (κ2) is 7.29. The summed E-state index contributed by atoms with van der Waals surface area (Å²) >= 11 is 0. The van der Waals surface area contributed by atoms with Crippen LogP contribution in [0.15, 0.2) is 29.1 Å². The molecule has 5 nitrogen and oxygen atoms in total. The molecule has 2 rings (SSSR count). The van der Waals surface area contributed by atoms with Crippen molar-refractivity contribution in [2.75, 3.05) is 0 Å². The summed E-state index contributed by atoms with van der Waals surface area (Å²) in [6.45, 7) is 3.29. The van der Waals surface area contributed by atoms with Crippen LogP contribution >= 0.6 is 0 Å². The van der Waals surface area contributed by atoms with Gasteiger partial charge in [-0.1, -0.05) is 19.1 Å². The Kier molecular flexibility index (Phi) is 5.38. The summed E-state index contributed by atoms with van der Waals surface area (Å²) in [6, 6.07) is 3.78. The van der Waals surface area contributed by atoms with Crippen LogP contribution in [-0.2, 0) is 0 Å². The van der Waals surface area contributed by atoms with Gasteiger partial charge in [-0.15, -0.1) is 0 Å². The van der Waals surface area contributed by atoms with Gasteiger partial charge in [-0.3, -0.25) is 9.59 Å². The molecule has 24 heavy (non-hydrogen) atoms. The molecular weight excluding hydrogens is 323 g/mol. The van der Waals surface area contributed by atoms with Gasteiger partial charge in [0.2, 0.25) is 0 Å². The van der Waals surface area contributed by atoms with Crippen LogP contribution in [0, 0.1) is 12.7 Å². The smallest absolute Gasteiger partial charge is 0.270 e. The van der Waals surface area contributed by atoms with Crippen LogP contribution in [0.5, 0.6) is 0 Å². The highest BCUT2D eigenvalue weighted by atomic mass is 19.3. The Morgan fingerprint density at radius 1 is 1.33 bits per heavy atom. The standard InChI is InChI=1S/C16H16F3N3O2/c1-3-12(9-4-5-10(15(18)19)11(17)6-9)22-16(24)13-7-14(23)21-8(2)20-13/h4-7,12,15H,3H2,1-2H3,(H,22,24)(H,20,21,23)/t12-/m1/s1. The van der Waals surface area contributed by atoms with Crippen molar-refractivity contribution in [1.29, 1.82) is 0 Å². The van der Waals surface area contributed by atoms with Crippen LogP contribution in [0.25, 0.3) is 0 Å². The zero-order chi connectivity index (χ0) is 17.9. The lowest BCUT2D eigenvalue weighted by Crippen LogP contribution is -2.30. The Labute approximate surface area is 135 Å². The summed E-state index contributed by atoms with van der Waals surface area (Å²) in [5.74, 6) is -1.34. The molecule has 0 saturated carbocycles. The number of hydrogen-bond acceptors (Lipinski definition) is 3. The van der Waals surface area contributed by atoms with E-state index >= 15 is 0 Å². The van der Waals surface area contributed by atoms with E-state index in [-0.39, 0.29) is 11.5 Å². The molecule has 0 aliphatic rings. The van der Waals surface area contributed by atoms with Gasteiger partial charge in [-0.05, 0) is 25.0 Å². The minimum atomic E-state index is -2.91. The van der Waals surface area contributed by atoms with Crippen molar-refractivity contribution in [1.82, 2.24) is 15.3 Å². The molecule has 1 heterocycles. The van der Waals surface area contributed by atoms with E-state index in [2.05, 4.69) is 15.3 Å². The summed E-state index contributed by atoms with van der Waals surface area (Å²) < 4.78 is 38.9. The average molecular weight is 339 g/mol. The number of alkyl halides is 2. The second-order valence-corrected chi connectivity index (χ2v) is 5.23. The van der Waals surface area contributed by atoms with Crippen LogP contribution in [0.3, 0.4) is 0 Å². The van der Waals surface area contributed by atoms with Crippen LogP contribution in [0.2, 0.25) is 0 Å². The first-order valence-electron chi connectivity index (χ1n) is 7.28. The molecule has 0 saturated heterocycles. The van der Waals surface area contributed by atoms with Crippen molar-refractivity contribution in [3.05, 3.63) is 63.1 Å². The third-order valence-corrected chi connectivity index (χ3v) is 3.47. The summed E-state index contributed by atoms with van der Waals surface area (Å²) in [5, 5.41) is 2.62. The quantitative estimate of drug-likeness (QED) is 0.879. The van der Waals surface area contributed by atoms with Gasteiger partial charge >= 0.3 is 0 Å². The number of carbonyl (C=O) groups excluding carboxylic acids is 1. The Morgan fingerprint density at radius 2 is 2.04 bits per heavy atom. The fourth-order valence-corrected chi connectivity index (χ4v) is 2.29. The van der Waals surface area contributed by atoms with Gasteiger partial charge in [-0.2, -0.15) is 0 Å². The minimum Gasteiger partial charge on any atom is -0.344 e. The number of hydrogen-bond donors (Lipinski definition) is 2. The number of nitrogens with zero attached hydrogens (tertiary/aromatic N) is 1. The summed E-state index contributed by atoms with van der Waals surface area (Å²) in [5.41, 5.74) is -0.867. The van der Waals surface area contributed by atoms with Crippen LogP contribution in [0.1, 0.15) is 53.3 Å². The van der Waals surface area contributed by atoms with E-state index in [4.69, 9.17) is 0 Å². The number of carbonyl (C=O) groups is 1. The first kappa shape index (κ1) is 17.7. The first-order valence-corrected chi connectivity index (χ1v) is 7.28. The molecule has 0 aliphatic carbocycles. The third kappa shape index (κ3) is 4.01. The van der Waals surface area contributed by atoms with E-state index in [1.807, 2.05) is 0 Å². The lowest BCUT2D eigenvalue weighted by molar-refractivity contribution is 0.0929. The fourth-order valence-electron chi connectivity index (χ4n) is 2.29. The number of H-pyrrole nitrogens is 1. The number of nitrogens with one attached hydrogen (secondary N) is 2. The number of aromatic amines is 1. The molecule has 0 unspecified atom stereocenters. The van der Waals surface area contributed by atoms with Gasteiger partial charge in [0.1, 0.15) is 17.3 Å². The maximum absolute atomic E-state index is 13.7. The number of halogens is 3. The molecule has 8 heteroatoms. The molecular formula is C16H16F3N3O2. The molecule has 128 valence electrons. The largest absolute Gasteiger partial charge is 0.344 e. The van der Waals surface area contributed by atoms with E-state index in [0.29, 0.717) is 12.0 Å². The highest BCUT2D eigenvalue weighted by Crippen LogP contribution is 2.26. The molecule has 1 amide bonds. The molecule has 0 bridgehead atoms. The zero-order valence-electron chi connectivity index (χ0n) is 13.1. The van der Waals surface area contributed by atoms with E-state index < -0.39 is 35.3 Å². The van der Waals surface area contributed by atoms with Crippen LogP contribution in [0.4, 0.5) is 13.2 Å². The van der Waals surface area contributed by atoms with E-state index in [9.17, 15) is 22.8 Å². The SMILES string of the molecule is CC[C@@H](NC(=O)c1cc(=O)[nH]c(C)n1)c1ccc(C(F)F)c(F)c1. The number of aryl methyl sites for hydroxylation is 1. The predicted octanol–water partition coefficient (Wildman–Crippen LogP) is 3.04. The van der Waals surface area contributed by atoms with Gasteiger partial charge in [0, 0.05) is 6.07 Å². The van der Waals surface area contributed by atoms with Gasteiger partial charge in [0.25, 0.3) is 17.9 Å². The molecule has 1 atom stereocenters. The maximum atomic E-state index is 13.7. The molecule has 2 N–H and O–H groups in total. The maximum Gasteiger partial charge on any atom is 0.270 e. The number of aromatic nitrogens is 2. The van der Waals surface area contributed by atoms with Gasteiger partial charge in [0.15, 0.2) is 0 Å². The van der Waals surface area contributed by atoms with Crippen molar-refractivity contribution in [2.24, 2.45) is 0 Å². The van der Waals surface area contributed by atoms with Crippen molar-refractivity contribution in [2.45, 2.75) is 32.7 Å². The highest BCUT2D eigenvalue weighted by molar-refractivity contribution is 5.92. The topological polar surface area (TPSA) is 74.8 Å². The van der Waals surface area contributed by atoms with E-state index in [1.54, 1.807) is 6.92 Å². The Hall–Kier alpha value is -2.64.